The Morgan fingerprint density at radius 3 is 2.63 bits per heavy atom. The van der Waals surface area contributed by atoms with Gasteiger partial charge in [-0.05, 0) is 6.07 Å². The number of carboxylic acids is 1. The SMILES string of the molecule is Nc1ccn(-c2cc(N)c3c(=O)c(C(=O)O)cn(-c4nc(F)cs4)c3n2)c1. The number of rotatable bonds is 3. The van der Waals surface area contributed by atoms with Gasteiger partial charge in [0.05, 0.1) is 11.1 Å². The number of thiazole rings is 1. The molecule has 0 aliphatic carbocycles. The zero-order valence-corrected chi connectivity index (χ0v) is 14.3. The first-order valence-corrected chi connectivity index (χ1v) is 8.37. The number of aromatic nitrogens is 4. The summed E-state index contributed by atoms with van der Waals surface area (Å²) in [6, 6.07) is 3.08. The second-order valence-corrected chi connectivity index (χ2v) is 6.46. The monoisotopic (exact) mass is 386 g/mol. The Hall–Kier alpha value is -3.73. The summed E-state index contributed by atoms with van der Waals surface area (Å²) in [5.41, 5.74) is 11.0. The number of fused-ring (bicyclic) bond motifs is 1. The van der Waals surface area contributed by atoms with E-state index in [2.05, 4.69) is 9.97 Å². The number of hydrogen-bond donors (Lipinski definition) is 3. The third-order valence-electron chi connectivity index (χ3n) is 3.86. The van der Waals surface area contributed by atoms with Gasteiger partial charge in [0.15, 0.2) is 10.8 Å². The van der Waals surface area contributed by atoms with Crippen molar-refractivity contribution in [1.82, 2.24) is 19.1 Å². The van der Waals surface area contributed by atoms with Gasteiger partial charge in [-0.3, -0.25) is 9.36 Å². The quantitative estimate of drug-likeness (QED) is 0.486. The van der Waals surface area contributed by atoms with Crippen molar-refractivity contribution in [2.24, 2.45) is 0 Å². The zero-order chi connectivity index (χ0) is 19.3. The molecule has 0 aliphatic heterocycles. The molecule has 0 radical (unpaired) electrons. The van der Waals surface area contributed by atoms with E-state index in [0.717, 1.165) is 22.9 Å². The van der Waals surface area contributed by atoms with Crippen molar-refractivity contribution >= 4 is 39.7 Å². The first-order chi connectivity index (χ1) is 12.8. The molecule has 4 heterocycles. The first-order valence-electron chi connectivity index (χ1n) is 7.49. The van der Waals surface area contributed by atoms with Gasteiger partial charge in [-0.2, -0.15) is 9.37 Å². The fraction of sp³-hybridized carbons (Fsp3) is 0. The molecule has 0 atom stereocenters. The van der Waals surface area contributed by atoms with Gasteiger partial charge in [0, 0.05) is 35.7 Å². The number of carbonyl (C=O) groups is 1. The molecule has 27 heavy (non-hydrogen) atoms. The normalized spacial score (nSPS) is 11.1. The van der Waals surface area contributed by atoms with Gasteiger partial charge < -0.3 is 21.1 Å². The van der Waals surface area contributed by atoms with E-state index < -0.39 is 22.9 Å². The lowest BCUT2D eigenvalue weighted by Crippen LogP contribution is -2.20. The van der Waals surface area contributed by atoms with Crippen LogP contribution in [0.3, 0.4) is 0 Å². The maximum atomic E-state index is 13.4. The summed E-state index contributed by atoms with van der Waals surface area (Å²) in [5, 5.41) is 10.5. The minimum Gasteiger partial charge on any atom is -0.477 e. The van der Waals surface area contributed by atoms with Crippen LogP contribution < -0.4 is 16.9 Å². The predicted octanol–water partition coefficient (Wildman–Crippen LogP) is 1.63. The molecule has 136 valence electrons. The van der Waals surface area contributed by atoms with Gasteiger partial charge in [0.1, 0.15) is 11.4 Å². The number of nitrogens with two attached hydrogens (primary N) is 2. The number of aromatic carboxylic acids is 1. The van der Waals surface area contributed by atoms with Crippen LogP contribution in [0.25, 0.3) is 22.0 Å². The summed E-state index contributed by atoms with van der Waals surface area (Å²) in [7, 11) is 0. The van der Waals surface area contributed by atoms with Gasteiger partial charge in [-0.1, -0.05) is 0 Å². The maximum absolute atomic E-state index is 13.4. The Kier molecular flexibility index (Phi) is 3.66. The highest BCUT2D eigenvalue weighted by molar-refractivity contribution is 7.12. The van der Waals surface area contributed by atoms with Crippen LogP contribution in [0.15, 0.2) is 40.9 Å². The molecule has 5 N–H and O–H groups in total. The van der Waals surface area contributed by atoms with Gasteiger partial charge in [-0.25, -0.2) is 9.78 Å². The number of carboxylic acid groups (broad SMARTS) is 1. The fourth-order valence-corrected chi connectivity index (χ4v) is 3.32. The summed E-state index contributed by atoms with van der Waals surface area (Å²) < 4.78 is 16.2. The molecule has 0 fully saturated rings. The molecule has 4 aromatic rings. The van der Waals surface area contributed by atoms with Crippen molar-refractivity contribution in [3.63, 3.8) is 0 Å². The Balaban J connectivity index is 2.12. The molecule has 0 unspecified atom stereocenters. The summed E-state index contributed by atoms with van der Waals surface area (Å²) in [4.78, 5) is 32.2. The van der Waals surface area contributed by atoms with E-state index in [4.69, 9.17) is 11.5 Å². The molecular weight excluding hydrogens is 375 g/mol. The molecule has 0 aliphatic rings. The minimum atomic E-state index is -1.44. The van der Waals surface area contributed by atoms with Crippen molar-refractivity contribution in [2.75, 3.05) is 11.5 Å². The largest absolute Gasteiger partial charge is 0.477 e. The van der Waals surface area contributed by atoms with Crippen LogP contribution in [0.1, 0.15) is 10.4 Å². The number of halogens is 1. The number of pyridine rings is 2. The fourth-order valence-electron chi connectivity index (χ4n) is 2.67. The second kappa shape index (κ2) is 5.92. The highest BCUT2D eigenvalue weighted by Gasteiger charge is 2.20. The number of nitrogens with zero attached hydrogens (tertiary/aromatic N) is 4. The standard InChI is InChI=1S/C16H11FN6O3S/c17-10-6-27-16(20-10)23-5-8(15(25)26)13(24)12-9(19)3-11(21-14(12)23)22-2-1-7(18)4-22/h1-6H,18H2,(H2,19,21)(H,25,26). The van der Waals surface area contributed by atoms with Crippen LogP contribution in [0.5, 0.6) is 0 Å². The average Bonchev–Trinajstić information content (AvgIpc) is 3.23. The molecule has 0 saturated carbocycles. The Labute approximate surface area is 153 Å². The summed E-state index contributed by atoms with van der Waals surface area (Å²) in [6.07, 6.45) is 4.32. The van der Waals surface area contributed by atoms with Crippen LogP contribution in [0.2, 0.25) is 0 Å². The van der Waals surface area contributed by atoms with E-state index in [1.54, 1.807) is 23.0 Å². The van der Waals surface area contributed by atoms with Crippen molar-refractivity contribution < 1.29 is 14.3 Å². The lowest BCUT2D eigenvalue weighted by atomic mass is 10.1. The maximum Gasteiger partial charge on any atom is 0.341 e. The molecule has 0 amide bonds. The smallest absolute Gasteiger partial charge is 0.341 e. The third kappa shape index (κ3) is 2.69. The summed E-state index contributed by atoms with van der Waals surface area (Å²) in [5.74, 6) is -1.82. The van der Waals surface area contributed by atoms with Gasteiger partial charge in [0.2, 0.25) is 11.4 Å². The highest BCUT2D eigenvalue weighted by atomic mass is 32.1. The molecule has 0 spiro atoms. The van der Waals surface area contributed by atoms with E-state index in [1.807, 2.05) is 0 Å². The minimum absolute atomic E-state index is 0.0288. The molecule has 11 heteroatoms. The highest BCUT2D eigenvalue weighted by Crippen LogP contribution is 2.25. The van der Waals surface area contributed by atoms with Crippen molar-refractivity contribution in [2.45, 2.75) is 0 Å². The Morgan fingerprint density at radius 2 is 2.04 bits per heavy atom. The molecule has 0 bridgehead atoms. The van der Waals surface area contributed by atoms with Gasteiger partial charge >= 0.3 is 5.97 Å². The van der Waals surface area contributed by atoms with Gasteiger partial charge in [0.25, 0.3) is 0 Å². The van der Waals surface area contributed by atoms with E-state index in [-0.39, 0.29) is 21.9 Å². The zero-order valence-electron chi connectivity index (χ0n) is 13.5. The van der Waals surface area contributed by atoms with Crippen molar-refractivity contribution in [3.05, 3.63) is 57.8 Å². The Morgan fingerprint density at radius 1 is 1.26 bits per heavy atom. The third-order valence-corrected chi connectivity index (χ3v) is 4.67. The predicted molar refractivity (Wildman–Crippen MR) is 98.1 cm³/mol. The van der Waals surface area contributed by atoms with E-state index in [0.29, 0.717) is 11.5 Å². The molecule has 4 aromatic heterocycles. The molecule has 4 rings (SSSR count). The van der Waals surface area contributed by atoms with E-state index in [1.165, 1.54) is 10.6 Å². The van der Waals surface area contributed by atoms with Crippen LogP contribution >= 0.6 is 11.3 Å². The number of anilines is 2. The molecule has 0 aromatic carbocycles. The van der Waals surface area contributed by atoms with E-state index in [9.17, 15) is 19.1 Å². The van der Waals surface area contributed by atoms with E-state index >= 15 is 0 Å². The van der Waals surface area contributed by atoms with Crippen molar-refractivity contribution in [3.8, 4) is 10.9 Å². The van der Waals surface area contributed by atoms with Crippen LogP contribution in [-0.2, 0) is 0 Å². The average molecular weight is 386 g/mol. The molecular formula is C16H11FN6O3S. The molecule has 0 saturated heterocycles. The Bertz CT molecular complexity index is 1280. The van der Waals surface area contributed by atoms with Crippen molar-refractivity contribution in [1.29, 1.82) is 0 Å². The number of nitrogen functional groups attached to an aromatic ring is 2. The summed E-state index contributed by atoms with van der Waals surface area (Å²) >= 11 is 0.930. The topological polar surface area (TPSA) is 142 Å². The first kappa shape index (κ1) is 16.7. The van der Waals surface area contributed by atoms with Crippen LogP contribution in [0.4, 0.5) is 15.8 Å². The molecule has 9 nitrogen and oxygen atoms in total. The lowest BCUT2D eigenvalue weighted by Gasteiger charge is -2.12. The van der Waals surface area contributed by atoms with Crippen LogP contribution in [-0.4, -0.2) is 30.2 Å². The van der Waals surface area contributed by atoms with Gasteiger partial charge in [-0.15, -0.1) is 11.3 Å². The lowest BCUT2D eigenvalue weighted by molar-refractivity contribution is 0.0695. The summed E-state index contributed by atoms with van der Waals surface area (Å²) in [6.45, 7) is 0. The number of hydrogen-bond acceptors (Lipinski definition) is 7. The second-order valence-electron chi connectivity index (χ2n) is 5.62. The van der Waals surface area contributed by atoms with Crippen LogP contribution in [0, 0.1) is 5.95 Å².